The number of nitrogens with one attached hydrogen (secondary N) is 2. The van der Waals surface area contributed by atoms with Crippen LogP contribution < -0.4 is 5.32 Å². The Hall–Kier alpha value is -2.83. The van der Waals surface area contributed by atoms with Crippen molar-refractivity contribution in [1.82, 2.24) is 10.3 Å². The van der Waals surface area contributed by atoms with E-state index in [0.717, 1.165) is 10.9 Å². The fourth-order valence-corrected chi connectivity index (χ4v) is 2.46. The van der Waals surface area contributed by atoms with Gasteiger partial charge in [-0.15, -0.1) is 0 Å². The van der Waals surface area contributed by atoms with E-state index in [4.69, 9.17) is 4.74 Å². The number of carbonyl (C=O) groups is 3. The van der Waals surface area contributed by atoms with Crippen LogP contribution in [0.1, 0.15) is 30.8 Å². The van der Waals surface area contributed by atoms with Gasteiger partial charge in [0, 0.05) is 10.9 Å². The molecule has 0 saturated heterocycles. The Kier molecular flexibility index (Phi) is 6.16. The number of benzene rings is 1. The van der Waals surface area contributed by atoms with E-state index in [1.807, 2.05) is 38.1 Å². The molecule has 1 unspecified atom stereocenters. The number of hydrogen-bond acceptors (Lipinski definition) is 5. The smallest absolute Gasteiger partial charge is 0.355 e. The first-order valence-corrected chi connectivity index (χ1v) is 8.02. The Morgan fingerprint density at radius 3 is 2.56 bits per heavy atom. The average Bonchev–Trinajstić information content (AvgIpc) is 3.02. The number of ether oxygens (including phenoxy) is 2. The topological polar surface area (TPSA) is 97.5 Å². The van der Waals surface area contributed by atoms with Crippen LogP contribution >= 0.6 is 0 Å². The van der Waals surface area contributed by atoms with Gasteiger partial charge < -0.3 is 19.8 Å². The summed E-state index contributed by atoms with van der Waals surface area (Å²) in [6.45, 7) is 3.38. The lowest BCUT2D eigenvalue weighted by Crippen LogP contribution is -2.44. The van der Waals surface area contributed by atoms with Gasteiger partial charge in [-0.3, -0.25) is 4.79 Å². The summed E-state index contributed by atoms with van der Waals surface area (Å²) in [5, 5.41) is 3.41. The van der Waals surface area contributed by atoms with Crippen molar-refractivity contribution < 1.29 is 23.9 Å². The van der Waals surface area contributed by atoms with Crippen LogP contribution in [0.15, 0.2) is 30.3 Å². The molecule has 134 valence electrons. The molecule has 7 heteroatoms. The summed E-state index contributed by atoms with van der Waals surface area (Å²) in [5.41, 5.74) is 1.07. The molecule has 0 spiro atoms. The molecule has 2 N–H and O–H groups in total. The van der Waals surface area contributed by atoms with Crippen LogP contribution in [0.3, 0.4) is 0 Å². The number of para-hydroxylation sites is 1. The second kappa shape index (κ2) is 8.32. The summed E-state index contributed by atoms with van der Waals surface area (Å²) in [4.78, 5) is 38.6. The molecule has 1 heterocycles. The van der Waals surface area contributed by atoms with Crippen molar-refractivity contribution in [2.45, 2.75) is 26.3 Å². The molecule has 25 heavy (non-hydrogen) atoms. The van der Waals surface area contributed by atoms with Crippen LogP contribution in [0.4, 0.5) is 0 Å². The zero-order valence-electron chi connectivity index (χ0n) is 14.5. The summed E-state index contributed by atoms with van der Waals surface area (Å²) < 4.78 is 9.68. The van der Waals surface area contributed by atoms with E-state index in [-0.39, 0.29) is 11.6 Å². The van der Waals surface area contributed by atoms with Crippen molar-refractivity contribution in [1.29, 1.82) is 0 Å². The quantitative estimate of drug-likeness (QED) is 0.748. The van der Waals surface area contributed by atoms with E-state index in [9.17, 15) is 14.4 Å². The first kappa shape index (κ1) is 18.5. The van der Waals surface area contributed by atoms with E-state index in [1.165, 1.54) is 7.11 Å². The molecule has 2 aromatic rings. The number of hydrogen-bond donors (Lipinski definition) is 2. The summed E-state index contributed by atoms with van der Waals surface area (Å²) >= 11 is 0. The molecule has 0 aliphatic rings. The molecule has 1 amide bonds. The second-order valence-corrected chi connectivity index (χ2v) is 6.12. The molecule has 0 saturated carbocycles. The Labute approximate surface area is 145 Å². The highest BCUT2D eigenvalue weighted by molar-refractivity contribution is 5.96. The third kappa shape index (κ3) is 5.07. The van der Waals surface area contributed by atoms with Crippen molar-refractivity contribution in [2.75, 3.05) is 13.7 Å². The predicted octanol–water partition coefficient (Wildman–Crippen LogP) is 2.03. The molecule has 0 radical (unpaired) electrons. The largest absolute Gasteiger partial charge is 0.467 e. The van der Waals surface area contributed by atoms with Gasteiger partial charge in [-0.25, -0.2) is 9.59 Å². The molecule has 0 aliphatic heterocycles. The average molecular weight is 346 g/mol. The van der Waals surface area contributed by atoms with E-state index >= 15 is 0 Å². The Morgan fingerprint density at radius 2 is 1.92 bits per heavy atom. The molecule has 0 bridgehead atoms. The monoisotopic (exact) mass is 346 g/mol. The third-order valence-corrected chi connectivity index (χ3v) is 3.61. The van der Waals surface area contributed by atoms with Crippen LogP contribution in [0.2, 0.25) is 0 Å². The number of carbonyl (C=O) groups excluding carboxylic acids is 3. The second-order valence-electron chi connectivity index (χ2n) is 6.12. The number of methoxy groups -OCH3 is 1. The highest BCUT2D eigenvalue weighted by Gasteiger charge is 2.23. The summed E-state index contributed by atoms with van der Waals surface area (Å²) in [6, 6.07) is 8.31. The van der Waals surface area contributed by atoms with Crippen molar-refractivity contribution in [3.63, 3.8) is 0 Å². The van der Waals surface area contributed by atoms with Gasteiger partial charge in [-0.05, 0) is 24.5 Å². The van der Waals surface area contributed by atoms with Crippen LogP contribution in [0.5, 0.6) is 0 Å². The molecule has 1 atom stereocenters. The number of H-pyrrole nitrogens is 1. The van der Waals surface area contributed by atoms with Gasteiger partial charge in [0.15, 0.2) is 6.61 Å². The number of aromatic nitrogens is 1. The van der Waals surface area contributed by atoms with Gasteiger partial charge in [0.05, 0.1) is 7.11 Å². The fourth-order valence-electron chi connectivity index (χ4n) is 2.46. The zero-order chi connectivity index (χ0) is 18.4. The molecule has 1 aromatic carbocycles. The Balaban J connectivity index is 1.91. The normalized spacial score (nSPS) is 12.0. The van der Waals surface area contributed by atoms with Crippen LogP contribution in [0.25, 0.3) is 10.9 Å². The van der Waals surface area contributed by atoms with E-state index < -0.39 is 30.5 Å². The van der Waals surface area contributed by atoms with Gasteiger partial charge in [-0.2, -0.15) is 0 Å². The first-order valence-electron chi connectivity index (χ1n) is 8.02. The number of esters is 2. The maximum atomic E-state index is 12.0. The minimum absolute atomic E-state index is 0.193. The van der Waals surface area contributed by atoms with Gasteiger partial charge in [0.2, 0.25) is 0 Å². The van der Waals surface area contributed by atoms with Gasteiger partial charge >= 0.3 is 11.9 Å². The molecule has 7 nitrogen and oxygen atoms in total. The Morgan fingerprint density at radius 1 is 1.20 bits per heavy atom. The minimum atomic E-state index is -0.760. The van der Waals surface area contributed by atoms with Crippen molar-refractivity contribution in [2.24, 2.45) is 5.92 Å². The molecule has 0 aliphatic carbocycles. The van der Waals surface area contributed by atoms with E-state index in [2.05, 4.69) is 15.0 Å². The molecule has 2 rings (SSSR count). The predicted molar refractivity (Wildman–Crippen MR) is 92.0 cm³/mol. The van der Waals surface area contributed by atoms with E-state index in [0.29, 0.717) is 6.42 Å². The zero-order valence-corrected chi connectivity index (χ0v) is 14.5. The highest BCUT2D eigenvalue weighted by atomic mass is 16.5. The SMILES string of the molecule is COC(=O)C(CC(C)C)NC(=O)COC(=O)c1cc2ccccc2[nH]1. The first-order chi connectivity index (χ1) is 11.9. The summed E-state index contributed by atoms with van der Waals surface area (Å²) in [7, 11) is 1.26. The standard InChI is InChI=1S/C18H22N2O5/c1-11(2)8-14(17(22)24-3)20-16(21)10-25-18(23)15-9-12-6-4-5-7-13(12)19-15/h4-7,9,11,14,19H,8,10H2,1-3H3,(H,20,21). The van der Waals surface area contributed by atoms with Crippen molar-refractivity contribution in [3.8, 4) is 0 Å². The lowest BCUT2D eigenvalue weighted by Gasteiger charge is -2.18. The number of amides is 1. The highest BCUT2D eigenvalue weighted by Crippen LogP contribution is 2.15. The third-order valence-electron chi connectivity index (χ3n) is 3.61. The lowest BCUT2D eigenvalue weighted by atomic mass is 10.0. The molecular formula is C18H22N2O5. The van der Waals surface area contributed by atoms with Gasteiger partial charge in [0.25, 0.3) is 5.91 Å². The number of rotatable bonds is 7. The molecule has 0 fully saturated rings. The van der Waals surface area contributed by atoms with Gasteiger partial charge in [0.1, 0.15) is 11.7 Å². The number of aromatic amines is 1. The molecular weight excluding hydrogens is 324 g/mol. The van der Waals surface area contributed by atoms with E-state index in [1.54, 1.807) is 6.07 Å². The minimum Gasteiger partial charge on any atom is -0.467 e. The Bertz CT molecular complexity index is 733. The van der Waals surface area contributed by atoms with Crippen molar-refractivity contribution in [3.05, 3.63) is 36.0 Å². The van der Waals surface area contributed by atoms with Crippen LogP contribution in [0, 0.1) is 5.92 Å². The van der Waals surface area contributed by atoms with Gasteiger partial charge in [-0.1, -0.05) is 32.0 Å². The van der Waals surface area contributed by atoms with Crippen LogP contribution in [-0.4, -0.2) is 42.6 Å². The van der Waals surface area contributed by atoms with Crippen LogP contribution in [-0.2, 0) is 19.1 Å². The molecule has 1 aromatic heterocycles. The summed E-state index contributed by atoms with van der Waals surface area (Å²) in [6.07, 6.45) is 0.439. The summed E-state index contributed by atoms with van der Waals surface area (Å²) in [5.74, 6) is -1.52. The number of fused-ring (bicyclic) bond motifs is 1. The lowest BCUT2D eigenvalue weighted by molar-refractivity contribution is -0.145. The van der Waals surface area contributed by atoms with Crippen molar-refractivity contribution >= 4 is 28.7 Å². The maximum Gasteiger partial charge on any atom is 0.355 e. The maximum absolute atomic E-state index is 12.0. The fraction of sp³-hybridized carbons (Fsp3) is 0.389.